The van der Waals surface area contributed by atoms with Crippen molar-refractivity contribution in [3.63, 3.8) is 0 Å². The molecule has 0 aliphatic carbocycles. The number of imidazole rings is 1. The van der Waals surface area contributed by atoms with Crippen LogP contribution in [0.5, 0.6) is 0 Å². The number of carbonyl (C=O) groups excluding carboxylic acids is 1. The third kappa shape index (κ3) is 3.13. The van der Waals surface area contributed by atoms with E-state index >= 15 is 0 Å². The number of amides is 2. The van der Waals surface area contributed by atoms with Crippen molar-refractivity contribution < 1.29 is 4.79 Å². The summed E-state index contributed by atoms with van der Waals surface area (Å²) in [5.41, 5.74) is 2.23. The SMILES string of the molecule is C=CCNC(=O)N1CCC(Cn2cnc3ccccc32)CC1. The number of nitrogens with zero attached hydrogens (tertiary/aromatic N) is 3. The Balaban J connectivity index is 1.56. The van der Waals surface area contributed by atoms with Gasteiger partial charge in [0, 0.05) is 26.2 Å². The first kappa shape index (κ1) is 14.6. The first-order chi connectivity index (χ1) is 10.8. The van der Waals surface area contributed by atoms with Crippen LogP contribution >= 0.6 is 0 Å². The van der Waals surface area contributed by atoms with Gasteiger partial charge < -0.3 is 14.8 Å². The fourth-order valence-electron chi connectivity index (χ4n) is 3.02. The summed E-state index contributed by atoms with van der Waals surface area (Å²) >= 11 is 0. The van der Waals surface area contributed by atoms with E-state index in [1.54, 1.807) is 6.08 Å². The third-order valence-corrected chi connectivity index (χ3v) is 4.28. The number of fused-ring (bicyclic) bond motifs is 1. The monoisotopic (exact) mass is 298 g/mol. The second kappa shape index (κ2) is 6.64. The minimum atomic E-state index is 0.0198. The van der Waals surface area contributed by atoms with Gasteiger partial charge in [-0.05, 0) is 30.9 Å². The molecule has 3 rings (SSSR count). The Morgan fingerprint density at radius 3 is 2.91 bits per heavy atom. The molecule has 5 heteroatoms. The zero-order valence-corrected chi connectivity index (χ0v) is 12.7. The van der Waals surface area contributed by atoms with E-state index in [0.29, 0.717) is 12.5 Å². The first-order valence-electron chi connectivity index (χ1n) is 7.81. The van der Waals surface area contributed by atoms with Gasteiger partial charge in [-0.1, -0.05) is 18.2 Å². The second-order valence-electron chi connectivity index (χ2n) is 5.79. The predicted octanol–water partition coefficient (Wildman–Crippen LogP) is 2.64. The molecule has 1 N–H and O–H groups in total. The van der Waals surface area contributed by atoms with Gasteiger partial charge in [-0.15, -0.1) is 6.58 Å². The summed E-state index contributed by atoms with van der Waals surface area (Å²) in [6.45, 7) is 6.76. The molecule has 0 bridgehead atoms. The van der Waals surface area contributed by atoms with Crippen LogP contribution in [0, 0.1) is 5.92 Å². The second-order valence-corrected chi connectivity index (χ2v) is 5.79. The van der Waals surface area contributed by atoms with Crippen LogP contribution in [0.15, 0.2) is 43.2 Å². The molecular formula is C17H22N4O. The highest BCUT2D eigenvalue weighted by atomic mass is 16.2. The molecule has 1 aromatic heterocycles. The van der Waals surface area contributed by atoms with Crippen LogP contribution in [-0.2, 0) is 6.54 Å². The van der Waals surface area contributed by atoms with Gasteiger partial charge in [0.15, 0.2) is 0 Å². The van der Waals surface area contributed by atoms with Crippen LogP contribution in [0.4, 0.5) is 4.79 Å². The van der Waals surface area contributed by atoms with Crippen LogP contribution in [0.25, 0.3) is 11.0 Å². The molecule has 22 heavy (non-hydrogen) atoms. The Labute approximate surface area is 130 Å². The van der Waals surface area contributed by atoms with Crippen LogP contribution in [0.1, 0.15) is 12.8 Å². The fraction of sp³-hybridized carbons (Fsp3) is 0.412. The van der Waals surface area contributed by atoms with E-state index in [9.17, 15) is 4.79 Å². The molecule has 2 heterocycles. The Morgan fingerprint density at radius 2 is 2.14 bits per heavy atom. The number of urea groups is 1. The van der Waals surface area contributed by atoms with Crippen LogP contribution < -0.4 is 5.32 Å². The molecule has 0 spiro atoms. The third-order valence-electron chi connectivity index (χ3n) is 4.28. The fourth-order valence-corrected chi connectivity index (χ4v) is 3.02. The lowest BCUT2D eigenvalue weighted by molar-refractivity contribution is 0.167. The van der Waals surface area contributed by atoms with Crippen molar-refractivity contribution in [1.82, 2.24) is 19.8 Å². The summed E-state index contributed by atoms with van der Waals surface area (Å²) in [7, 11) is 0. The van der Waals surface area contributed by atoms with Crippen molar-refractivity contribution in [3.05, 3.63) is 43.2 Å². The minimum Gasteiger partial charge on any atom is -0.335 e. The maximum atomic E-state index is 11.9. The number of rotatable bonds is 4. The van der Waals surface area contributed by atoms with Crippen LogP contribution in [0.3, 0.4) is 0 Å². The van der Waals surface area contributed by atoms with Gasteiger partial charge in [-0.2, -0.15) is 0 Å². The highest BCUT2D eigenvalue weighted by Crippen LogP contribution is 2.21. The van der Waals surface area contributed by atoms with Gasteiger partial charge in [0.25, 0.3) is 0 Å². The average Bonchev–Trinajstić information content (AvgIpc) is 2.96. The minimum absolute atomic E-state index is 0.0198. The Hall–Kier alpha value is -2.30. The zero-order valence-electron chi connectivity index (χ0n) is 12.7. The molecule has 0 atom stereocenters. The molecule has 0 saturated carbocycles. The number of piperidine rings is 1. The van der Waals surface area contributed by atoms with E-state index < -0.39 is 0 Å². The number of aromatic nitrogens is 2. The van der Waals surface area contributed by atoms with E-state index in [4.69, 9.17) is 0 Å². The number of hydrogen-bond acceptors (Lipinski definition) is 2. The van der Waals surface area contributed by atoms with E-state index in [2.05, 4.69) is 27.5 Å². The molecule has 2 aromatic rings. The summed E-state index contributed by atoms with van der Waals surface area (Å²) in [6.07, 6.45) is 5.70. The lowest BCUT2D eigenvalue weighted by atomic mass is 9.97. The standard InChI is InChI=1S/C17H22N4O/c1-2-9-18-17(22)20-10-7-14(8-11-20)12-21-13-19-15-5-3-4-6-16(15)21/h2-6,13-14H,1,7-12H2,(H,18,22). The van der Waals surface area contributed by atoms with E-state index in [1.165, 1.54) is 5.52 Å². The largest absolute Gasteiger partial charge is 0.335 e. The van der Waals surface area contributed by atoms with Gasteiger partial charge in [-0.3, -0.25) is 0 Å². The summed E-state index contributed by atoms with van der Waals surface area (Å²) in [4.78, 5) is 18.2. The molecule has 1 saturated heterocycles. The quantitative estimate of drug-likeness (QED) is 0.882. The number of hydrogen-bond donors (Lipinski definition) is 1. The van der Waals surface area contributed by atoms with Crippen molar-refractivity contribution in [2.75, 3.05) is 19.6 Å². The van der Waals surface area contributed by atoms with E-state index in [-0.39, 0.29) is 6.03 Å². The van der Waals surface area contributed by atoms with Gasteiger partial charge >= 0.3 is 6.03 Å². The lowest BCUT2D eigenvalue weighted by Crippen LogP contribution is -2.44. The highest BCUT2D eigenvalue weighted by Gasteiger charge is 2.23. The topological polar surface area (TPSA) is 50.2 Å². The van der Waals surface area contributed by atoms with Crippen LogP contribution in [0.2, 0.25) is 0 Å². The molecule has 1 aromatic carbocycles. The zero-order chi connectivity index (χ0) is 15.4. The predicted molar refractivity (Wildman–Crippen MR) is 87.6 cm³/mol. The van der Waals surface area contributed by atoms with Crippen LogP contribution in [-0.4, -0.2) is 40.1 Å². The molecule has 0 radical (unpaired) electrons. The molecular weight excluding hydrogens is 276 g/mol. The molecule has 2 amide bonds. The van der Waals surface area contributed by atoms with Crippen molar-refractivity contribution in [1.29, 1.82) is 0 Å². The number of likely N-dealkylation sites (tertiary alicyclic amines) is 1. The summed E-state index contributed by atoms with van der Waals surface area (Å²) in [5.74, 6) is 0.598. The molecule has 1 aliphatic rings. The Morgan fingerprint density at radius 1 is 1.36 bits per heavy atom. The molecule has 1 fully saturated rings. The summed E-state index contributed by atoms with van der Waals surface area (Å²) in [5, 5.41) is 2.84. The maximum absolute atomic E-state index is 11.9. The van der Waals surface area contributed by atoms with E-state index in [1.807, 2.05) is 29.4 Å². The molecule has 0 unspecified atom stereocenters. The first-order valence-corrected chi connectivity index (χ1v) is 7.81. The van der Waals surface area contributed by atoms with Gasteiger partial charge in [-0.25, -0.2) is 9.78 Å². The van der Waals surface area contributed by atoms with Gasteiger partial charge in [0.2, 0.25) is 0 Å². The maximum Gasteiger partial charge on any atom is 0.317 e. The molecule has 5 nitrogen and oxygen atoms in total. The number of para-hydroxylation sites is 2. The Kier molecular flexibility index (Phi) is 4.42. The van der Waals surface area contributed by atoms with Gasteiger partial charge in [0.1, 0.15) is 0 Å². The van der Waals surface area contributed by atoms with Crippen molar-refractivity contribution in [2.45, 2.75) is 19.4 Å². The van der Waals surface area contributed by atoms with Gasteiger partial charge in [0.05, 0.1) is 17.4 Å². The van der Waals surface area contributed by atoms with Crippen molar-refractivity contribution >= 4 is 17.1 Å². The smallest absolute Gasteiger partial charge is 0.317 e. The summed E-state index contributed by atoms with van der Waals surface area (Å²) < 4.78 is 2.23. The lowest BCUT2D eigenvalue weighted by Gasteiger charge is -2.32. The Bertz CT molecular complexity index is 655. The number of nitrogens with one attached hydrogen (secondary N) is 1. The molecule has 116 valence electrons. The van der Waals surface area contributed by atoms with Crippen molar-refractivity contribution in [3.8, 4) is 0 Å². The summed E-state index contributed by atoms with van der Waals surface area (Å²) in [6, 6.07) is 8.23. The normalized spacial score (nSPS) is 15.9. The number of carbonyl (C=O) groups is 1. The number of benzene rings is 1. The highest BCUT2D eigenvalue weighted by molar-refractivity contribution is 5.75. The average molecular weight is 298 g/mol. The molecule has 1 aliphatic heterocycles. The van der Waals surface area contributed by atoms with Crippen molar-refractivity contribution in [2.24, 2.45) is 5.92 Å². The van der Waals surface area contributed by atoms with E-state index in [0.717, 1.165) is 38.0 Å².